The number of ether oxygens (including phenoxy) is 2. The Hall–Kier alpha value is -3.28. The number of hydrogen-bond acceptors (Lipinski definition) is 4. The van der Waals surface area contributed by atoms with Crippen molar-refractivity contribution in [2.45, 2.75) is 39.8 Å². The van der Waals surface area contributed by atoms with Crippen LogP contribution in [-0.2, 0) is 11.3 Å². The zero-order valence-electron chi connectivity index (χ0n) is 18.2. The Kier molecular flexibility index (Phi) is 5.98. The van der Waals surface area contributed by atoms with Crippen LogP contribution in [0.2, 0.25) is 0 Å². The van der Waals surface area contributed by atoms with Gasteiger partial charge in [0.25, 0.3) is 0 Å². The largest absolute Gasteiger partial charge is 0.490 e. The summed E-state index contributed by atoms with van der Waals surface area (Å²) in [6.45, 7) is 7.44. The molecule has 0 bridgehead atoms. The van der Waals surface area contributed by atoms with E-state index in [0.29, 0.717) is 18.8 Å². The Morgan fingerprint density at radius 2 is 1.87 bits per heavy atom. The molecule has 0 saturated heterocycles. The van der Waals surface area contributed by atoms with Gasteiger partial charge in [-0.2, -0.15) is 0 Å². The van der Waals surface area contributed by atoms with Crippen molar-refractivity contribution < 1.29 is 19.1 Å². The van der Waals surface area contributed by atoms with Crippen molar-refractivity contribution in [3.63, 3.8) is 0 Å². The van der Waals surface area contributed by atoms with Crippen molar-refractivity contribution in [3.05, 3.63) is 59.3 Å². The average molecular weight is 421 g/mol. The lowest BCUT2D eigenvalue weighted by atomic mass is 9.95. The first-order chi connectivity index (χ1) is 15.0. The van der Waals surface area contributed by atoms with Crippen LogP contribution in [0, 0.1) is 12.8 Å². The molecule has 1 aliphatic heterocycles. The van der Waals surface area contributed by atoms with Gasteiger partial charge in [-0.1, -0.05) is 38.1 Å². The molecule has 162 valence electrons. The first-order valence-corrected chi connectivity index (χ1v) is 10.7. The summed E-state index contributed by atoms with van der Waals surface area (Å²) < 4.78 is 13.5. The highest BCUT2D eigenvalue weighted by molar-refractivity contribution is 6.00. The molecule has 1 amide bonds. The topological polar surface area (TPSA) is 69.6 Å². The van der Waals surface area contributed by atoms with Crippen molar-refractivity contribution in [1.29, 1.82) is 0 Å². The first kappa shape index (κ1) is 21.0. The maximum atomic E-state index is 13.1. The minimum absolute atomic E-state index is 0.105. The van der Waals surface area contributed by atoms with E-state index in [1.165, 1.54) is 0 Å². The van der Waals surface area contributed by atoms with E-state index < -0.39 is 0 Å². The number of carbonyl (C=O) groups excluding carboxylic acids is 2. The fourth-order valence-corrected chi connectivity index (χ4v) is 4.18. The molecule has 0 aliphatic carbocycles. The van der Waals surface area contributed by atoms with E-state index in [9.17, 15) is 9.59 Å². The van der Waals surface area contributed by atoms with Gasteiger partial charge in [-0.05, 0) is 36.6 Å². The van der Waals surface area contributed by atoms with E-state index in [0.717, 1.165) is 46.4 Å². The highest BCUT2D eigenvalue weighted by Gasteiger charge is 2.22. The Labute approximate surface area is 182 Å². The predicted molar refractivity (Wildman–Crippen MR) is 120 cm³/mol. The number of amides is 1. The van der Waals surface area contributed by atoms with Gasteiger partial charge < -0.3 is 19.4 Å². The fraction of sp³-hybridized carbons (Fsp3) is 0.360. The monoisotopic (exact) mass is 420 g/mol. The maximum absolute atomic E-state index is 13.1. The number of fused-ring (bicyclic) bond motifs is 2. The molecule has 0 unspecified atom stereocenters. The molecule has 1 atom stereocenters. The zero-order valence-corrected chi connectivity index (χ0v) is 18.2. The molecular formula is C25H28N2O4. The molecule has 31 heavy (non-hydrogen) atoms. The third-order valence-electron chi connectivity index (χ3n) is 5.81. The minimum Gasteiger partial charge on any atom is -0.490 e. The van der Waals surface area contributed by atoms with E-state index >= 15 is 0 Å². The van der Waals surface area contributed by atoms with Crippen molar-refractivity contribution in [3.8, 4) is 11.5 Å². The van der Waals surface area contributed by atoms with Gasteiger partial charge in [0.15, 0.2) is 17.8 Å². The summed E-state index contributed by atoms with van der Waals surface area (Å²) in [5.74, 6) is 1.54. The molecule has 2 heterocycles. The van der Waals surface area contributed by atoms with Gasteiger partial charge in [0, 0.05) is 28.6 Å². The highest BCUT2D eigenvalue weighted by atomic mass is 16.5. The lowest BCUT2D eigenvalue weighted by Crippen LogP contribution is -2.34. The number of benzene rings is 2. The number of nitrogens with one attached hydrogen (secondary N) is 1. The normalized spacial score (nSPS) is 14.3. The third-order valence-corrected chi connectivity index (χ3v) is 5.81. The molecule has 0 spiro atoms. The molecule has 1 aliphatic rings. The summed E-state index contributed by atoms with van der Waals surface area (Å²) in [4.78, 5) is 24.7. The summed E-state index contributed by atoms with van der Waals surface area (Å²) in [6, 6.07) is 13.4. The second-order valence-electron chi connectivity index (χ2n) is 8.27. The maximum Gasteiger partial charge on any atom is 0.240 e. The van der Waals surface area contributed by atoms with Crippen LogP contribution in [0.15, 0.2) is 42.5 Å². The fourth-order valence-electron chi connectivity index (χ4n) is 4.18. The van der Waals surface area contributed by atoms with Crippen LogP contribution < -0.4 is 14.8 Å². The van der Waals surface area contributed by atoms with E-state index in [1.54, 1.807) is 0 Å². The molecule has 0 radical (unpaired) electrons. The predicted octanol–water partition coefficient (Wildman–Crippen LogP) is 4.44. The van der Waals surface area contributed by atoms with Crippen molar-refractivity contribution >= 4 is 23.1 Å². The molecular weight excluding hydrogens is 392 g/mol. The van der Waals surface area contributed by atoms with Crippen LogP contribution in [0.3, 0.4) is 0 Å². The van der Waals surface area contributed by atoms with Gasteiger partial charge >= 0.3 is 0 Å². The number of nitrogens with zero attached hydrogens (tertiary/aromatic N) is 1. The zero-order chi connectivity index (χ0) is 22.0. The first-order valence-electron chi connectivity index (χ1n) is 10.7. The van der Waals surface area contributed by atoms with Crippen LogP contribution >= 0.6 is 0 Å². The molecule has 4 rings (SSSR count). The Bertz CT molecular complexity index is 1120. The number of carbonyl (C=O) groups is 2. The van der Waals surface area contributed by atoms with Crippen LogP contribution in [0.4, 0.5) is 0 Å². The molecule has 3 aromatic rings. The third kappa shape index (κ3) is 4.15. The second-order valence-corrected chi connectivity index (χ2v) is 8.27. The quantitative estimate of drug-likeness (QED) is 0.599. The van der Waals surface area contributed by atoms with Crippen LogP contribution in [-0.4, -0.2) is 30.0 Å². The lowest BCUT2D eigenvalue weighted by Gasteiger charge is -2.24. The van der Waals surface area contributed by atoms with Crippen LogP contribution in [0.5, 0.6) is 11.5 Å². The number of para-hydroxylation sites is 1. The van der Waals surface area contributed by atoms with E-state index in [1.807, 2.05) is 54.0 Å². The molecule has 6 heteroatoms. The molecule has 0 saturated carbocycles. The Morgan fingerprint density at radius 1 is 1.13 bits per heavy atom. The summed E-state index contributed by atoms with van der Waals surface area (Å²) in [7, 11) is 0. The van der Waals surface area contributed by atoms with Crippen LogP contribution in [0.1, 0.15) is 47.9 Å². The summed E-state index contributed by atoms with van der Waals surface area (Å²) in [5, 5.41) is 4.05. The minimum atomic E-state index is -0.169. The molecule has 1 aromatic heterocycles. The van der Waals surface area contributed by atoms with Gasteiger partial charge in [-0.15, -0.1) is 0 Å². The molecule has 1 N–H and O–H groups in total. The summed E-state index contributed by atoms with van der Waals surface area (Å²) >= 11 is 0. The standard InChI is InChI=1S/C25H28N2O4/c1-16(2)25(18-9-10-22-23(13-18)31-12-6-11-30-22)26-24(29)14-27-17(3)20(15-28)19-7-4-5-8-21(19)27/h4-5,7-10,13,15-16,25H,6,11-12,14H2,1-3H3,(H,26,29)/t25-/m0/s1. The number of hydrogen-bond donors (Lipinski definition) is 1. The van der Waals surface area contributed by atoms with Crippen molar-refractivity contribution in [2.24, 2.45) is 5.92 Å². The smallest absolute Gasteiger partial charge is 0.240 e. The number of rotatable bonds is 6. The summed E-state index contributed by atoms with van der Waals surface area (Å²) in [6.07, 6.45) is 1.71. The number of aromatic nitrogens is 1. The SMILES string of the molecule is Cc1c(C=O)c2ccccc2n1CC(=O)N[C@H](c1ccc2c(c1)OCCCO2)C(C)C. The lowest BCUT2D eigenvalue weighted by molar-refractivity contribution is -0.122. The van der Waals surface area contributed by atoms with Gasteiger partial charge in [0.1, 0.15) is 6.54 Å². The highest BCUT2D eigenvalue weighted by Crippen LogP contribution is 2.34. The average Bonchev–Trinajstić information content (AvgIpc) is 2.90. The van der Waals surface area contributed by atoms with Crippen LogP contribution in [0.25, 0.3) is 10.9 Å². The van der Waals surface area contributed by atoms with Crippen molar-refractivity contribution in [2.75, 3.05) is 13.2 Å². The van der Waals surface area contributed by atoms with E-state index in [2.05, 4.69) is 19.2 Å². The van der Waals surface area contributed by atoms with Gasteiger partial charge in [-0.3, -0.25) is 9.59 Å². The summed E-state index contributed by atoms with van der Waals surface area (Å²) in [5.41, 5.74) is 3.29. The molecule has 6 nitrogen and oxygen atoms in total. The van der Waals surface area contributed by atoms with Crippen molar-refractivity contribution in [1.82, 2.24) is 9.88 Å². The van der Waals surface area contributed by atoms with E-state index in [-0.39, 0.29) is 24.4 Å². The van der Waals surface area contributed by atoms with Gasteiger partial charge in [0.2, 0.25) is 5.91 Å². The number of aldehydes is 1. The second kappa shape index (κ2) is 8.84. The molecule has 0 fully saturated rings. The Balaban J connectivity index is 1.58. The Morgan fingerprint density at radius 3 is 2.61 bits per heavy atom. The molecule has 2 aromatic carbocycles. The van der Waals surface area contributed by atoms with Gasteiger partial charge in [-0.25, -0.2) is 0 Å². The van der Waals surface area contributed by atoms with E-state index in [4.69, 9.17) is 9.47 Å². The van der Waals surface area contributed by atoms with Gasteiger partial charge in [0.05, 0.1) is 19.3 Å².